The number of nitrogens with zero attached hydrogens (tertiary/aromatic N) is 1. The van der Waals surface area contributed by atoms with E-state index in [0.717, 1.165) is 24.1 Å². The van der Waals surface area contributed by atoms with Gasteiger partial charge >= 0.3 is 0 Å². The number of sulfone groups is 1. The molecule has 94 valence electrons. The summed E-state index contributed by atoms with van der Waals surface area (Å²) in [7, 11) is -3.08. The van der Waals surface area contributed by atoms with Crippen molar-refractivity contribution in [1.82, 2.24) is 0 Å². The molecule has 0 unspecified atom stereocenters. The molecule has 1 aromatic carbocycles. The van der Waals surface area contributed by atoms with Crippen molar-refractivity contribution < 1.29 is 17.7 Å². The highest BCUT2D eigenvalue weighted by Gasteiger charge is 2.11. The molecule has 0 aromatic heterocycles. The van der Waals surface area contributed by atoms with Crippen molar-refractivity contribution in [3.05, 3.63) is 34.1 Å². The average molecular weight is 279 g/mol. The number of non-ortho nitro benzene ring substituents is 1. The van der Waals surface area contributed by atoms with E-state index in [-0.39, 0.29) is 22.1 Å². The van der Waals surface area contributed by atoms with Gasteiger partial charge in [-0.15, -0.1) is 11.8 Å². The second kappa shape index (κ2) is 5.46. The maximum absolute atomic E-state index is 13.4. The topological polar surface area (TPSA) is 77.3 Å². The summed E-state index contributed by atoms with van der Waals surface area (Å²) >= 11 is 1.02. The molecule has 0 spiro atoms. The van der Waals surface area contributed by atoms with Crippen LogP contribution in [0.25, 0.3) is 0 Å². The number of hydrogen-bond acceptors (Lipinski definition) is 5. The van der Waals surface area contributed by atoms with Crippen LogP contribution in [0.1, 0.15) is 0 Å². The Morgan fingerprint density at radius 1 is 1.47 bits per heavy atom. The summed E-state index contributed by atoms with van der Waals surface area (Å²) in [6.07, 6.45) is 1.10. The summed E-state index contributed by atoms with van der Waals surface area (Å²) in [5.41, 5.74) is -0.324. The number of rotatable bonds is 5. The fourth-order valence-corrected chi connectivity index (χ4v) is 3.15. The molecular weight excluding hydrogens is 269 g/mol. The molecule has 0 radical (unpaired) electrons. The molecule has 0 heterocycles. The van der Waals surface area contributed by atoms with Gasteiger partial charge in [0.05, 0.1) is 16.7 Å². The minimum absolute atomic E-state index is 0.0614. The van der Waals surface area contributed by atoms with Gasteiger partial charge in [-0.2, -0.15) is 0 Å². The normalized spacial score (nSPS) is 11.4. The molecule has 17 heavy (non-hydrogen) atoms. The van der Waals surface area contributed by atoms with E-state index < -0.39 is 20.6 Å². The van der Waals surface area contributed by atoms with Crippen molar-refractivity contribution in [2.24, 2.45) is 0 Å². The fourth-order valence-electron chi connectivity index (χ4n) is 1.02. The number of hydrogen-bond donors (Lipinski definition) is 0. The maximum Gasteiger partial charge on any atom is 0.272 e. The summed E-state index contributed by atoms with van der Waals surface area (Å²) in [5.74, 6) is -0.556. The van der Waals surface area contributed by atoms with Gasteiger partial charge in [0.25, 0.3) is 5.69 Å². The Labute approximate surface area is 102 Å². The number of benzene rings is 1. The van der Waals surface area contributed by atoms with Crippen molar-refractivity contribution in [2.45, 2.75) is 4.90 Å². The van der Waals surface area contributed by atoms with Crippen LogP contribution in [0.3, 0.4) is 0 Å². The summed E-state index contributed by atoms with van der Waals surface area (Å²) < 4.78 is 35.1. The highest BCUT2D eigenvalue weighted by atomic mass is 32.2. The third-order valence-corrected chi connectivity index (χ3v) is 4.09. The van der Waals surface area contributed by atoms with E-state index in [1.54, 1.807) is 0 Å². The highest BCUT2D eigenvalue weighted by Crippen LogP contribution is 2.25. The number of thioether (sulfide) groups is 1. The first-order valence-corrected chi connectivity index (χ1v) is 7.58. The molecule has 0 bridgehead atoms. The molecule has 0 N–H and O–H groups in total. The standard InChI is InChI=1S/C9H10FNO4S2/c1-17(14,15)5-4-16-9-3-2-7(11(12)13)6-8(9)10/h2-3,6H,4-5H2,1H3. The lowest BCUT2D eigenvalue weighted by molar-refractivity contribution is -0.385. The Kier molecular flexibility index (Phi) is 4.47. The van der Waals surface area contributed by atoms with Gasteiger partial charge in [0.2, 0.25) is 0 Å². The van der Waals surface area contributed by atoms with Crippen LogP contribution < -0.4 is 0 Å². The van der Waals surface area contributed by atoms with E-state index in [9.17, 15) is 22.9 Å². The molecule has 5 nitrogen and oxygen atoms in total. The van der Waals surface area contributed by atoms with E-state index in [2.05, 4.69) is 0 Å². The van der Waals surface area contributed by atoms with Crippen LogP contribution in [-0.4, -0.2) is 31.1 Å². The predicted octanol–water partition coefficient (Wildman–Crippen LogP) is 1.87. The van der Waals surface area contributed by atoms with Crippen molar-refractivity contribution in [1.29, 1.82) is 0 Å². The van der Waals surface area contributed by atoms with Crippen LogP contribution in [0.4, 0.5) is 10.1 Å². The molecule has 0 aliphatic carbocycles. The number of nitro benzene ring substituents is 1. The van der Waals surface area contributed by atoms with Crippen molar-refractivity contribution in [3.63, 3.8) is 0 Å². The molecule has 0 fully saturated rings. The lowest BCUT2D eigenvalue weighted by Crippen LogP contribution is -2.05. The SMILES string of the molecule is CS(=O)(=O)CCSc1ccc([N+](=O)[O-])cc1F. The second-order valence-electron chi connectivity index (χ2n) is 3.35. The molecule has 8 heteroatoms. The molecule has 0 atom stereocenters. The average Bonchev–Trinajstić information content (AvgIpc) is 2.18. The smallest absolute Gasteiger partial charge is 0.258 e. The molecule has 1 rings (SSSR count). The molecule has 0 aliphatic rings. The van der Waals surface area contributed by atoms with Gasteiger partial charge < -0.3 is 0 Å². The maximum atomic E-state index is 13.4. The quantitative estimate of drug-likeness (QED) is 0.467. The first-order chi connectivity index (χ1) is 7.79. The van der Waals surface area contributed by atoms with Gasteiger partial charge in [0.15, 0.2) is 0 Å². The lowest BCUT2D eigenvalue weighted by Gasteiger charge is -2.02. The van der Waals surface area contributed by atoms with E-state index in [0.29, 0.717) is 0 Å². The molecule has 0 saturated carbocycles. The van der Waals surface area contributed by atoms with Gasteiger partial charge in [0.1, 0.15) is 15.7 Å². The van der Waals surface area contributed by atoms with E-state index in [1.807, 2.05) is 0 Å². The molecule has 1 aromatic rings. The largest absolute Gasteiger partial charge is 0.272 e. The van der Waals surface area contributed by atoms with Crippen LogP contribution >= 0.6 is 11.8 Å². The molecule has 0 aliphatic heterocycles. The van der Waals surface area contributed by atoms with Crippen molar-refractivity contribution in [2.75, 3.05) is 17.8 Å². The molecule has 0 saturated heterocycles. The van der Waals surface area contributed by atoms with Crippen LogP contribution in [0.2, 0.25) is 0 Å². The summed E-state index contributed by atoms with van der Waals surface area (Å²) in [6.45, 7) is 0. The third kappa shape index (κ3) is 4.70. The van der Waals surface area contributed by atoms with Crippen LogP contribution in [0.15, 0.2) is 23.1 Å². The van der Waals surface area contributed by atoms with Crippen molar-refractivity contribution in [3.8, 4) is 0 Å². The van der Waals surface area contributed by atoms with Gasteiger partial charge in [-0.3, -0.25) is 10.1 Å². The first kappa shape index (κ1) is 13.9. The Bertz CT molecular complexity index is 530. The van der Waals surface area contributed by atoms with Gasteiger partial charge in [-0.1, -0.05) is 0 Å². The Morgan fingerprint density at radius 3 is 2.59 bits per heavy atom. The summed E-state index contributed by atoms with van der Waals surface area (Å²) in [4.78, 5) is 9.88. The zero-order chi connectivity index (χ0) is 13.1. The molecular formula is C9H10FNO4S2. The van der Waals surface area contributed by atoms with E-state index in [1.165, 1.54) is 12.1 Å². The summed E-state index contributed by atoms with van der Waals surface area (Å²) in [5, 5.41) is 10.4. The second-order valence-corrected chi connectivity index (χ2v) is 6.75. The Hall–Kier alpha value is -1.15. The van der Waals surface area contributed by atoms with E-state index in [4.69, 9.17) is 0 Å². The first-order valence-electron chi connectivity index (χ1n) is 4.54. The third-order valence-electron chi connectivity index (χ3n) is 1.84. The monoisotopic (exact) mass is 279 g/mol. The summed E-state index contributed by atoms with van der Waals surface area (Å²) in [6, 6.07) is 3.29. The minimum Gasteiger partial charge on any atom is -0.258 e. The zero-order valence-electron chi connectivity index (χ0n) is 8.92. The van der Waals surface area contributed by atoms with Gasteiger partial charge in [-0.25, -0.2) is 12.8 Å². The highest BCUT2D eigenvalue weighted by molar-refractivity contribution is 8.00. The predicted molar refractivity (Wildman–Crippen MR) is 63.5 cm³/mol. The Morgan fingerprint density at radius 2 is 2.12 bits per heavy atom. The zero-order valence-corrected chi connectivity index (χ0v) is 10.6. The lowest BCUT2D eigenvalue weighted by atomic mass is 10.3. The van der Waals surface area contributed by atoms with Crippen molar-refractivity contribution >= 4 is 27.3 Å². The number of nitro groups is 1. The van der Waals surface area contributed by atoms with Crippen LogP contribution in [-0.2, 0) is 9.84 Å². The number of halogens is 1. The minimum atomic E-state index is -3.08. The molecule has 0 amide bonds. The van der Waals surface area contributed by atoms with Crippen LogP contribution in [0.5, 0.6) is 0 Å². The van der Waals surface area contributed by atoms with Gasteiger partial charge in [0, 0.05) is 23.0 Å². The Balaban J connectivity index is 2.70. The van der Waals surface area contributed by atoms with Gasteiger partial charge in [-0.05, 0) is 6.07 Å². The van der Waals surface area contributed by atoms with Crippen LogP contribution in [0, 0.1) is 15.9 Å². The fraction of sp³-hybridized carbons (Fsp3) is 0.333. The van der Waals surface area contributed by atoms with E-state index >= 15 is 0 Å².